The molecule has 3 nitrogen and oxygen atoms in total. The molecule has 2 saturated heterocycles. The van der Waals surface area contributed by atoms with Crippen molar-refractivity contribution in [3.63, 3.8) is 0 Å². The average Bonchev–Trinajstić information content (AvgIpc) is 1.22. The van der Waals surface area contributed by atoms with Gasteiger partial charge < -0.3 is 14.7 Å². The number of hydrogen-bond donors (Lipinski definition) is 0. The lowest BCUT2D eigenvalue weighted by Gasteiger charge is -2.57. The van der Waals surface area contributed by atoms with Gasteiger partial charge in [0.2, 0.25) is 0 Å². The third-order valence-corrected chi connectivity index (χ3v) is 21.3. The zero-order valence-corrected chi connectivity index (χ0v) is 53.9. The molecule has 454 valence electrons. The Labute approximate surface area is 555 Å². The summed E-state index contributed by atoms with van der Waals surface area (Å²) in [6.45, 7) is 10.8. The maximum atomic E-state index is 4.05. The molecule has 4 heterocycles. The molecule has 0 spiro atoms. The number of piperidine rings is 2. The highest BCUT2D eigenvalue weighted by Gasteiger charge is 2.50. The fourth-order valence-corrected chi connectivity index (χ4v) is 17.3. The van der Waals surface area contributed by atoms with Crippen LogP contribution in [-0.4, -0.2) is 18.8 Å². The van der Waals surface area contributed by atoms with Crippen LogP contribution in [0.25, 0.3) is 61.2 Å². The molecule has 0 aromatic heterocycles. The van der Waals surface area contributed by atoms with Crippen LogP contribution in [0.3, 0.4) is 0 Å². The van der Waals surface area contributed by atoms with Crippen molar-refractivity contribution in [2.24, 2.45) is 11.8 Å². The van der Waals surface area contributed by atoms with Gasteiger partial charge in [-0.05, 0) is 181 Å². The van der Waals surface area contributed by atoms with E-state index in [1.54, 1.807) is 0 Å². The Morgan fingerprint density at radius 1 is 0.415 bits per heavy atom. The summed E-state index contributed by atoms with van der Waals surface area (Å²) in [6.07, 6.45) is 19.6. The minimum absolute atomic E-state index is 0.0180. The summed E-state index contributed by atoms with van der Waals surface area (Å²) in [6, 6.07) is 103. The first-order valence-corrected chi connectivity index (χ1v) is 34.1. The Kier molecular flexibility index (Phi) is 14.4. The molecule has 4 bridgehead atoms. The van der Waals surface area contributed by atoms with Gasteiger partial charge in [-0.15, -0.1) is 0 Å². The van der Waals surface area contributed by atoms with Gasteiger partial charge in [0, 0.05) is 62.9 Å². The van der Waals surface area contributed by atoms with Gasteiger partial charge in [-0.25, -0.2) is 0 Å². The Balaban J connectivity index is 1.02. The lowest BCUT2D eigenvalue weighted by molar-refractivity contribution is 0.0900. The first-order valence-electron chi connectivity index (χ1n) is 34.1. The van der Waals surface area contributed by atoms with E-state index in [1.165, 1.54) is 138 Å². The highest BCUT2D eigenvalue weighted by Crippen LogP contribution is 2.57. The normalized spacial score (nSPS) is 19.2. The monoisotopic (exact) mass is 1210 g/mol. The van der Waals surface area contributed by atoms with E-state index in [1.807, 2.05) is 12.2 Å². The summed E-state index contributed by atoms with van der Waals surface area (Å²) in [4.78, 5) is 8.40. The molecule has 94 heavy (non-hydrogen) atoms. The van der Waals surface area contributed by atoms with E-state index in [9.17, 15) is 0 Å². The van der Waals surface area contributed by atoms with Crippen molar-refractivity contribution in [1.29, 1.82) is 0 Å². The molecule has 4 heteroatoms. The largest absolute Gasteiger partial charge is 0.365 e. The van der Waals surface area contributed by atoms with Gasteiger partial charge in [-0.1, -0.05) is 282 Å². The van der Waals surface area contributed by atoms with Crippen LogP contribution in [0.1, 0.15) is 75.5 Å². The number of hydrogen-bond acceptors (Lipinski definition) is 3. The van der Waals surface area contributed by atoms with Crippen LogP contribution in [0, 0.1) is 11.8 Å². The first kappa shape index (κ1) is 57.5. The van der Waals surface area contributed by atoms with Crippen LogP contribution < -0.4 is 31.1 Å². The lowest BCUT2D eigenvalue weighted by atomic mass is 9.33. The van der Waals surface area contributed by atoms with Crippen LogP contribution in [0.4, 0.5) is 34.1 Å². The van der Waals surface area contributed by atoms with Crippen LogP contribution in [-0.2, 0) is 5.41 Å². The maximum Gasteiger partial charge on any atom is 0.252 e. The van der Waals surface area contributed by atoms with Gasteiger partial charge in [-0.3, -0.25) is 0 Å². The van der Waals surface area contributed by atoms with Crippen molar-refractivity contribution in [3.05, 3.63) is 338 Å². The zero-order chi connectivity index (χ0) is 63.0. The van der Waals surface area contributed by atoms with E-state index < -0.39 is 0 Å². The second-order valence-electron chi connectivity index (χ2n) is 28.0. The Bertz CT molecular complexity index is 4740. The molecule has 11 aromatic carbocycles. The van der Waals surface area contributed by atoms with Gasteiger partial charge in [0.15, 0.2) is 0 Å². The molecule has 11 aromatic rings. The molecule has 0 N–H and O–H groups in total. The number of benzene rings is 11. The SMILES string of the molecule is C=C/C=C\C=CC1=CC(c2ccccc2)=C(N2c3cc(N4C5CC6CC(C5)CC4C6)ccc3B3c4cc(-c5ccc(C(C)(C)C)cc5)ccc4N(c4c(-c5ccccc5)cc(-c5ccccc5)cc4-c4ccccc4)c4cc(-c5ccccc5)cc2c43)[C@H]1c1ccccc1. The van der Waals surface area contributed by atoms with Crippen molar-refractivity contribution in [1.82, 2.24) is 0 Å². The van der Waals surface area contributed by atoms with Gasteiger partial charge >= 0.3 is 0 Å². The second-order valence-corrected chi connectivity index (χ2v) is 28.0. The van der Waals surface area contributed by atoms with Crippen molar-refractivity contribution in [2.45, 2.75) is 76.3 Å². The topological polar surface area (TPSA) is 9.72 Å². The Morgan fingerprint density at radius 2 is 0.926 bits per heavy atom. The predicted molar refractivity (Wildman–Crippen MR) is 399 cm³/mol. The van der Waals surface area contributed by atoms with Gasteiger partial charge in [0.05, 0.1) is 11.6 Å². The molecule has 4 aliphatic heterocycles. The van der Waals surface area contributed by atoms with E-state index >= 15 is 0 Å². The molecule has 7 aliphatic rings. The highest BCUT2D eigenvalue weighted by molar-refractivity contribution is 7.00. The van der Waals surface area contributed by atoms with E-state index in [0.717, 1.165) is 45.3 Å². The molecular formula is C90H76BN3. The van der Waals surface area contributed by atoms with E-state index in [-0.39, 0.29) is 18.0 Å². The fourth-order valence-electron chi connectivity index (χ4n) is 17.3. The average molecular weight is 1210 g/mol. The smallest absolute Gasteiger partial charge is 0.252 e. The van der Waals surface area contributed by atoms with E-state index in [0.29, 0.717) is 12.1 Å². The summed E-state index contributed by atoms with van der Waals surface area (Å²) in [5.74, 6) is 1.51. The molecule has 0 radical (unpaired) electrons. The van der Waals surface area contributed by atoms with Gasteiger partial charge in [-0.2, -0.15) is 0 Å². The third-order valence-electron chi connectivity index (χ3n) is 21.3. The van der Waals surface area contributed by atoms with Crippen LogP contribution in [0.2, 0.25) is 0 Å². The molecule has 3 aliphatic carbocycles. The molecule has 2 saturated carbocycles. The molecule has 1 atom stereocenters. The number of nitrogens with zero attached hydrogens (tertiary/aromatic N) is 3. The fraction of sp³-hybridized carbons (Fsp3) is 0.156. The minimum atomic E-state index is -0.165. The predicted octanol–water partition coefficient (Wildman–Crippen LogP) is 21.3. The standard InChI is InChI=1S/C90H76BN3/c1-5-6-7-14-39-70-53-79(67-35-23-12-24-36-67)89(86(70)68-37-25-13-26-38-68)94-83-59-74(92-75-49-60-48-61(51-75)52-76(92)50-60)45-46-80(83)91-81-56-69(64-40-43-73(44-41-64)90(2,3)4)42-47-82(81)93(84-57-72(58-85(94)87(84)91)63-29-17-9-18-30-63)88-77(65-31-19-10-20-32-65)54-71(62-27-15-8-16-28-62)55-78(88)66-33-21-11-22-34-66/h5-47,53-61,75-76,86H,1,48-52H2,2-4H3/b7-6-,39-14?/t60?,61?,75?,76?,86-/m0/s1. The summed E-state index contributed by atoms with van der Waals surface area (Å²) in [5, 5.41) is 0. The summed E-state index contributed by atoms with van der Waals surface area (Å²) >= 11 is 0. The molecule has 4 fully saturated rings. The van der Waals surface area contributed by atoms with Crippen LogP contribution >= 0.6 is 0 Å². The van der Waals surface area contributed by atoms with Crippen molar-refractivity contribution in [3.8, 4) is 55.6 Å². The summed E-state index contributed by atoms with van der Waals surface area (Å²) in [5.41, 5.74) is 30.4. The lowest BCUT2D eigenvalue weighted by Crippen LogP contribution is -2.62. The van der Waals surface area contributed by atoms with Gasteiger partial charge in [0.25, 0.3) is 6.71 Å². The van der Waals surface area contributed by atoms with Crippen LogP contribution in [0.15, 0.2) is 321 Å². The molecule has 0 unspecified atom stereocenters. The summed E-state index contributed by atoms with van der Waals surface area (Å²) in [7, 11) is 0. The molecular weight excluding hydrogens is 1130 g/mol. The van der Waals surface area contributed by atoms with Crippen molar-refractivity contribution in [2.75, 3.05) is 14.7 Å². The molecule has 0 amide bonds. The number of anilines is 6. The zero-order valence-electron chi connectivity index (χ0n) is 53.9. The van der Waals surface area contributed by atoms with Crippen LogP contribution in [0.5, 0.6) is 0 Å². The third kappa shape index (κ3) is 10.1. The van der Waals surface area contributed by atoms with E-state index in [2.05, 4.69) is 333 Å². The highest BCUT2D eigenvalue weighted by atomic mass is 15.2. The second kappa shape index (κ2) is 23.6. The summed E-state index contributed by atoms with van der Waals surface area (Å²) < 4.78 is 0. The quantitative estimate of drug-likeness (QED) is 0.0841. The Morgan fingerprint density at radius 3 is 1.49 bits per heavy atom. The van der Waals surface area contributed by atoms with Crippen molar-refractivity contribution < 1.29 is 0 Å². The van der Waals surface area contributed by atoms with Gasteiger partial charge in [0.1, 0.15) is 0 Å². The Hall–Kier alpha value is -10.4. The number of rotatable bonds is 13. The number of allylic oxidation sites excluding steroid dienone is 8. The first-order chi connectivity index (χ1) is 46.2. The van der Waals surface area contributed by atoms with E-state index in [4.69, 9.17) is 0 Å². The minimum Gasteiger partial charge on any atom is -0.365 e. The maximum absolute atomic E-state index is 4.05. The number of fused-ring (bicyclic) bond motifs is 4. The molecule has 18 rings (SSSR count). The van der Waals surface area contributed by atoms with Crippen molar-refractivity contribution >= 4 is 62.8 Å².